The molecule has 1 atom stereocenters. The third kappa shape index (κ3) is 5.06. The summed E-state index contributed by atoms with van der Waals surface area (Å²) in [5.41, 5.74) is -0.269. The summed E-state index contributed by atoms with van der Waals surface area (Å²) in [6.45, 7) is -0.336. The number of hydrogen-bond donors (Lipinski definition) is 3. The van der Waals surface area contributed by atoms with Crippen LogP contribution in [-0.2, 0) is 4.79 Å². The molecule has 0 aliphatic heterocycles. The Morgan fingerprint density at radius 1 is 1.16 bits per heavy atom. The molecular weight excluding hydrogens is 517 g/mol. The largest absolute Gasteiger partial charge is 0.496 e. The van der Waals surface area contributed by atoms with Crippen LogP contribution in [0.1, 0.15) is 42.7 Å². The molecule has 2 bridgehead atoms. The van der Waals surface area contributed by atoms with Gasteiger partial charge in [-0.1, -0.05) is 28.9 Å². The Hall–Kier alpha value is -3.63. The van der Waals surface area contributed by atoms with Gasteiger partial charge in [-0.15, -0.1) is 0 Å². The van der Waals surface area contributed by atoms with Crippen molar-refractivity contribution >= 4 is 23.4 Å². The molecule has 200 valence electrons. The van der Waals surface area contributed by atoms with Crippen LogP contribution in [0.4, 0.5) is 4.39 Å². The first-order chi connectivity index (χ1) is 18.2. The first-order valence-electron chi connectivity index (χ1n) is 12.2. The van der Waals surface area contributed by atoms with E-state index in [0.29, 0.717) is 42.7 Å². The van der Waals surface area contributed by atoms with E-state index in [0.717, 1.165) is 6.07 Å². The Labute approximate surface area is 223 Å². The van der Waals surface area contributed by atoms with E-state index in [-0.39, 0.29) is 29.6 Å². The highest BCUT2D eigenvalue weighted by Gasteiger charge is 2.55. The van der Waals surface area contributed by atoms with Crippen molar-refractivity contribution in [3.05, 3.63) is 65.1 Å². The number of hydrogen-bond acceptors (Lipinski definition) is 7. The second-order valence-electron chi connectivity index (χ2n) is 9.80. The number of para-hydroxylation sites is 1. The summed E-state index contributed by atoms with van der Waals surface area (Å²) in [6.07, 6.45) is 1.47. The number of fused-ring (bicyclic) bond motifs is 3. The molecule has 1 unspecified atom stereocenters. The number of amides is 2. The van der Waals surface area contributed by atoms with Crippen LogP contribution in [0.5, 0.6) is 11.5 Å². The van der Waals surface area contributed by atoms with Crippen molar-refractivity contribution < 1.29 is 33.1 Å². The fraction of sp³-hybridized carbons (Fsp3) is 0.370. The van der Waals surface area contributed by atoms with Gasteiger partial charge in [0, 0.05) is 23.2 Å². The molecular formula is C27H27ClFN3O6. The van der Waals surface area contributed by atoms with Crippen LogP contribution >= 0.6 is 11.6 Å². The fourth-order valence-electron chi connectivity index (χ4n) is 5.36. The van der Waals surface area contributed by atoms with E-state index in [1.54, 1.807) is 19.2 Å². The molecule has 3 aliphatic rings. The van der Waals surface area contributed by atoms with Crippen LogP contribution in [0.2, 0.25) is 5.02 Å². The number of nitrogens with one attached hydrogen (secondary N) is 2. The fourth-order valence-corrected chi connectivity index (χ4v) is 5.48. The molecule has 2 aromatic carbocycles. The molecule has 11 heteroatoms. The van der Waals surface area contributed by atoms with Gasteiger partial charge in [0.2, 0.25) is 5.76 Å². The molecule has 0 saturated heterocycles. The van der Waals surface area contributed by atoms with Gasteiger partial charge in [-0.2, -0.15) is 0 Å². The van der Waals surface area contributed by atoms with E-state index in [9.17, 15) is 19.1 Å². The molecule has 1 aromatic heterocycles. The normalized spacial score (nSPS) is 24.1. The minimum atomic E-state index is -0.874. The van der Waals surface area contributed by atoms with E-state index < -0.39 is 34.8 Å². The van der Waals surface area contributed by atoms with Crippen LogP contribution in [0.25, 0.3) is 11.3 Å². The van der Waals surface area contributed by atoms with Crippen molar-refractivity contribution in [2.24, 2.45) is 0 Å². The first-order valence-corrected chi connectivity index (χ1v) is 12.6. The summed E-state index contributed by atoms with van der Waals surface area (Å²) in [4.78, 5) is 25.6. The molecule has 38 heavy (non-hydrogen) atoms. The zero-order valence-electron chi connectivity index (χ0n) is 20.6. The van der Waals surface area contributed by atoms with Crippen molar-refractivity contribution in [1.29, 1.82) is 0 Å². The van der Waals surface area contributed by atoms with Gasteiger partial charge in [-0.3, -0.25) is 9.59 Å². The Kier molecular flexibility index (Phi) is 7.02. The number of carbonyl (C=O) groups is 2. The number of ether oxygens (including phenoxy) is 2. The molecule has 0 spiro atoms. The smallest absolute Gasteiger partial charge is 0.290 e. The zero-order valence-corrected chi connectivity index (χ0v) is 21.4. The predicted molar refractivity (Wildman–Crippen MR) is 136 cm³/mol. The highest BCUT2D eigenvalue weighted by Crippen LogP contribution is 2.47. The number of nitrogens with zero attached hydrogens (tertiary/aromatic N) is 1. The van der Waals surface area contributed by atoms with Crippen molar-refractivity contribution in [2.75, 3.05) is 13.7 Å². The average Bonchev–Trinajstić information content (AvgIpc) is 3.41. The second kappa shape index (κ2) is 10.3. The quantitative estimate of drug-likeness (QED) is 0.394. The number of rotatable bonds is 8. The van der Waals surface area contributed by atoms with Crippen molar-refractivity contribution in [3.63, 3.8) is 0 Å². The molecule has 6 rings (SSSR count). The molecule has 9 nitrogen and oxygen atoms in total. The van der Waals surface area contributed by atoms with Crippen LogP contribution < -0.4 is 20.1 Å². The summed E-state index contributed by atoms with van der Waals surface area (Å²) in [5.74, 6) is -0.649. The Balaban J connectivity index is 1.19. The van der Waals surface area contributed by atoms with Crippen molar-refractivity contribution in [2.45, 2.75) is 49.3 Å². The Morgan fingerprint density at radius 2 is 1.92 bits per heavy atom. The van der Waals surface area contributed by atoms with Gasteiger partial charge in [0.15, 0.2) is 6.61 Å². The van der Waals surface area contributed by atoms with Crippen LogP contribution in [0.15, 0.2) is 53.1 Å². The highest BCUT2D eigenvalue weighted by molar-refractivity contribution is 6.30. The molecule has 2 amide bonds. The highest BCUT2D eigenvalue weighted by atomic mass is 35.5. The van der Waals surface area contributed by atoms with Gasteiger partial charge in [-0.25, -0.2) is 4.39 Å². The molecule has 3 aromatic rings. The SMILES string of the molecule is COc1ccccc1-c1cc(C(=O)NC23CCC(NC(=O)COc4ccc(Cl)c(F)c4)(CC2)C(O)C3)on1. The summed E-state index contributed by atoms with van der Waals surface area (Å²) in [6, 6.07) is 12.8. The second-order valence-corrected chi connectivity index (χ2v) is 10.2. The summed E-state index contributed by atoms with van der Waals surface area (Å²) >= 11 is 5.67. The van der Waals surface area contributed by atoms with Gasteiger partial charge >= 0.3 is 0 Å². The molecule has 1 heterocycles. The van der Waals surface area contributed by atoms with E-state index in [2.05, 4.69) is 15.8 Å². The number of carbonyl (C=O) groups excluding carboxylic acids is 2. The Bertz CT molecular complexity index is 1350. The zero-order chi connectivity index (χ0) is 26.9. The predicted octanol–water partition coefficient (Wildman–Crippen LogP) is 3.88. The Morgan fingerprint density at radius 3 is 2.63 bits per heavy atom. The van der Waals surface area contributed by atoms with Crippen LogP contribution in [0, 0.1) is 5.82 Å². The molecule has 0 radical (unpaired) electrons. The van der Waals surface area contributed by atoms with Crippen molar-refractivity contribution in [3.8, 4) is 22.8 Å². The monoisotopic (exact) mass is 543 g/mol. The van der Waals surface area contributed by atoms with Gasteiger partial charge in [0.05, 0.1) is 23.8 Å². The van der Waals surface area contributed by atoms with Gasteiger partial charge in [-0.05, 0) is 56.4 Å². The number of aliphatic hydroxyl groups is 1. The third-order valence-electron chi connectivity index (χ3n) is 7.47. The summed E-state index contributed by atoms with van der Waals surface area (Å²) in [5, 5.41) is 20.9. The maximum absolute atomic E-state index is 13.6. The van der Waals surface area contributed by atoms with E-state index in [4.69, 9.17) is 25.6 Å². The number of benzene rings is 2. The van der Waals surface area contributed by atoms with Gasteiger partial charge in [0.25, 0.3) is 11.8 Å². The molecule has 3 N–H and O–H groups in total. The van der Waals surface area contributed by atoms with Crippen LogP contribution in [0.3, 0.4) is 0 Å². The lowest BCUT2D eigenvalue weighted by molar-refractivity contribution is -0.132. The van der Waals surface area contributed by atoms with Gasteiger partial charge in [0.1, 0.15) is 23.0 Å². The van der Waals surface area contributed by atoms with Crippen molar-refractivity contribution in [1.82, 2.24) is 15.8 Å². The lowest BCUT2D eigenvalue weighted by Crippen LogP contribution is -2.70. The lowest BCUT2D eigenvalue weighted by Gasteiger charge is -2.56. The van der Waals surface area contributed by atoms with E-state index in [1.807, 2.05) is 18.2 Å². The molecule has 3 aliphatic carbocycles. The molecule has 3 fully saturated rings. The standard InChI is InChI=1S/C27H27ClFN3O6/c1-36-21-5-3-2-4-17(21)20-13-22(38-32-20)25(35)31-26-8-10-27(11-9-26,23(33)14-26)30-24(34)15-37-16-6-7-18(28)19(29)12-16/h2-7,12-13,23,33H,8-11,14-15H2,1H3,(H,30,34)(H,31,35). The third-order valence-corrected chi connectivity index (χ3v) is 7.77. The number of methoxy groups -OCH3 is 1. The number of aliphatic hydroxyl groups excluding tert-OH is 1. The lowest BCUT2D eigenvalue weighted by atomic mass is 9.60. The van der Waals surface area contributed by atoms with E-state index in [1.165, 1.54) is 12.1 Å². The maximum Gasteiger partial charge on any atom is 0.290 e. The number of halogens is 2. The minimum Gasteiger partial charge on any atom is -0.496 e. The number of aromatic nitrogens is 1. The summed E-state index contributed by atoms with van der Waals surface area (Å²) < 4.78 is 29.7. The topological polar surface area (TPSA) is 123 Å². The van der Waals surface area contributed by atoms with Crippen LogP contribution in [-0.4, -0.2) is 53.0 Å². The van der Waals surface area contributed by atoms with E-state index >= 15 is 0 Å². The first kappa shape index (κ1) is 26.0. The molecule has 3 saturated carbocycles. The van der Waals surface area contributed by atoms with Gasteiger partial charge < -0.3 is 29.7 Å². The maximum atomic E-state index is 13.6. The summed E-state index contributed by atoms with van der Waals surface area (Å²) in [7, 11) is 1.55. The minimum absolute atomic E-state index is 0.0380. The average molecular weight is 544 g/mol.